The Balaban J connectivity index is 3.12. The number of hydrogen-bond donors (Lipinski definition) is 1. The molecule has 6 heteroatoms. The van der Waals surface area contributed by atoms with Crippen LogP contribution in [0.4, 0.5) is 0 Å². The van der Waals surface area contributed by atoms with Gasteiger partial charge in [0, 0.05) is 12.5 Å². The molecule has 0 radical (unpaired) electrons. The van der Waals surface area contributed by atoms with Gasteiger partial charge in [-0.2, -0.15) is 0 Å². The van der Waals surface area contributed by atoms with Gasteiger partial charge in [0.2, 0.25) is 0 Å². The van der Waals surface area contributed by atoms with E-state index in [0.29, 0.717) is 29.1 Å². The molecule has 0 spiro atoms. The minimum atomic E-state index is -0.998. The highest BCUT2D eigenvalue weighted by Crippen LogP contribution is 2.24. The number of aryl methyl sites for hydroxylation is 1. The Morgan fingerprint density at radius 3 is 2.61 bits per heavy atom. The van der Waals surface area contributed by atoms with E-state index in [2.05, 4.69) is 9.97 Å². The van der Waals surface area contributed by atoms with Crippen molar-refractivity contribution in [1.82, 2.24) is 9.97 Å². The van der Waals surface area contributed by atoms with Crippen molar-refractivity contribution in [3.63, 3.8) is 0 Å². The summed E-state index contributed by atoms with van der Waals surface area (Å²) in [5, 5.41) is 9.68. The molecule has 0 aliphatic carbocycles. The zero-order valence-electron chi connectivity index (χ0n) is 11.1. The number of aromatic carboxylic acids is 1. The van der Waals surface area contributed by atoms with Crippen molar-refractivity contribution in [3.8, 4) is 0 Å². The van der Waals surface area contributed by atoms with E-state index in [1.54, 1.807) is 6.92 Å². The molecule has 0 bridgehead atoms. The molecule has 0 atom stereocenters. The molecule has 0 saturated heterocycles. The number of ether oxygens (including phenoxy) is 1. The van der Waals surface area contributed by atoms with Gasteiger partial charge >= 0.3 is 5.97 Å². The zero-order valence-corrected chi connectivity index (χ0v) is 11.9. The highest BCUT2D eigenvalue weighted by molar-refractivity contribution is 7.99. The molecule has 5 nitrogen and oxygen atoms in total. The number of thioether (sulfide) groups is 1. The first kappa shape index (κ1) is 14.9. The van der Waals surface area contributed by atoms with Gasteiger partial charge in [0.1, 0.15) is 16.4 Å². The van der Waals surface area contributed by atoms with Gasteiger partial charge in [0.15, 0.2) is 0 Å². The second-order valence-corrected chi connectivity index (χ2v) is 4.97. The topological polar surface area (TPSA) is 72.3 Å². The van der Waals surface area contributed by atoms with Crippen molar-refractivity contribution in [1.29, 1.82) is 0 Å². The van der Waals surface area contributed by atoms with E-state index in [-0.39, 0.29) is 11.5 Å². The number of hydrogen-bond acceptors (Lipinski definition) is 5. The van der Waals surface area contributed by atoms with Gasteiger partial charge in [0.25, 0.3) is 0 Å². The molecule has 0 unspecified atom stereocenters. The summed E-state index contributed by atoms with van der Waals surface area (Å²) in [5.74, 6) is 0.224. The minimum Gasteiger partial charge on any atom is -0.478 e. The van der Waals surface area contributed by atoms with Crippen molar-refractivity contribution < 1.29 is 14.6 Å². The van der Waals surface area contributed by atoms with Gasteiger partial charge in [-0.3, -0.25) is 0 Å². The lowest BCUT2D eigenvalue weighted by atomic mass is 10.2. The largest absolute Gasteiger partial charge is 0.478 e. The monoisotopic (exact) mass is 270 g/mol. The Kier molecular flexibility index (Phi) is 5.55. The SMILES string of the molecule is CCOCSc1nc(C(C)C)nc(C)c1C(=O)O. The lowest BCUT2D eigenvalue weighted by molar-refractivity contribution is 0.0690. The summed E-state index contributed by atoms with van der Waals surface area (Å²) in [7, 11) is 0. The molecule has 0 amide bonds. The quantitative estimate of drug-likeness (QED) is 0.371. The standard InChI is InChI=1S/C12H18N2O3S/c1-5-17-6-18-11-9(12(15)16)8(4)13-10(14-11)7(2)3/h7H,5-6H2,1-4H3,(H,15,16). The predicted molar refractivity (Wildman–Crippen MR) is 70.2 cm³/mol. The van der Waals surface area contributed by atoms with Crippen LogP contribution < -0.4 is 0 Å². The van der Waals surface area contributed by atoms with Crippen LogP contribution in [0.25, 0.3) is 0 Å². The smallest absolute Gasteiger partial charge is 0.340 e. The number of rotatable bonds is 6. The number of carboxylic acid groups (broad SMARTS) is 1. The highest BCUT2D eigenvalue weighted by Gasteiger charge is 2.19. The number of nitrogens with zero attached hydrogens (tertiary/aromatic N) is 2. The molecule has 0 aliphatic heterocycles. The Bertz CT molecular complexity index is 436. The Morgan fingerprint density at radius 1 is 1.44 bits per heavy atom. The zero-order chi connectivity index (χ0) is 13.7. The third-order valence-corrected chi connectivity index (χ3v) is 3.14. The predicted octanol–water partition coefficient (Wildman–Crippen LogP) is 2.69. The van der Waals surface area contributed by atoms with Crippen LogP contribution in [0, 0.1) is 6.92 Å². The molecule has 1 heterocycles. The number of aromatic nitrogens is 2. The van der Waals surface area contributed by atoms with Crippen LogP contribution in [0.1, 0.15) is 48.6 Å². The van der Waals surface area contributed by atoms with E-state index >= 15 is 0 Å². The fourth-order valence-electron chi connectivity index (χ4n) is 1.36. The Morgan fingerprint density at radius 2 is 2.11 bits per heavy atom. The third-order valence-electron chi connectivity index (χ3n) is 2.29. The second-order valence-electron chi connectivity index (χ2n) is 4.06. The summed E-state index contributed by atoms with van der Waals surface area (Å²) in [4.78, 5) is 19.8. The van der Waals surface area contributed by atoms with Gasteiger partial charge in [-0.1, -0.05) is 25.6 Å². The normalized spacial score (nSPS) is 10.9. The van der Waals surface area contributed by atoms with Crippen LogP contribution in [0.5, 0.6) is 0 Å². The van der Waals surface area contributed by atoms with Crippen LogP contribution in [0.2, 0.25) is 0 Å². The average molecular weight is 270 g/mol. The second kappa shape index (κ2) is 6.70. The van der Waals surface area contributed by atoms with Crippen molar-refractivity contribution in [3.05, 3.63) is 17.1 Å². The van der Waals surface area contributed by atoms with E-state index < -0.39 is 5.97 Å². The molecule has 0 fully saturated rings. The van der Waals surface area contributed by atoms with Gasteiger partial charge in [0.05, 0.1) is 11.6 Å². The van der Waals surface area contributed by atoms with Crippen LogP contribution >= 0.6 is 11.8 Å². The lowest BCUT2D eigenvalue weighted by Crippen LogP contribution is -2.11. The molecule has 18 heavy (non-hydrogen) atoms. The van der Waals surface area contributed by atoms with Crippen LogP contribution in [-0.2, 0) is 4.74 Å². The van der Waals surface area contributed by atoms with Crippen LogP contribution in [0.3, 0.4) is 0 Å². The average Bonchev–Trinajstić information content (AvgIpc) is 2.27. The Hall–Kier alpha value is -1.14. The first-order valence-corrected chi connectivity index (χ1v) is 6.78. The summed E-state index contributed by atoms with van der Waals surface area (Å²) >= 11 is 1.29. The lowest BCUT2D eigenvalue weighted by Gasteiger charge is -2.11. The maximum Gasteiger partial charge on any atom is 0.340 e. The first-order valence-electron chi connectivity index (χ1n) is 5.79. The highest BCUT2D eigenvalue weighted by atomic mass is 32.2. The van der Waals surface area contributed by atoms with Crippen LogP contribution in [-0.4, -0.2) is 33.6 Å². The first-order chi connectivity index (χ1) is 8.47. The molecule has 1 aromatic heterocycles. The molecule has 0 aromatic carbocycles. The molecule has 1 rings (SSSR count). The fraction of sp³-hybridized carbons (Fsp3) is 0.583. The van der Waals surface area contributed by atoms with E-state index in [1.807, 2.05) is 20.8 Å². The maximum atomic E-state index is 11.2. The minimum absolute atomic E-state index is 0.165. The van der Waals surface area contributed by atoms with Crippen molar-refractivity contribution in [2.24, 2.45) is 0 Å². The van der Waals surface area contributed by atoms with Crippen molar-refractivity contribution in [2.75, 3.05) is 12.5 Å². The van der Waals surface area contributed by atoms with Crippen LogP contribution in [0.15, 0.2) is 5.03 Å². The summed E-state index contributed by atoms with van der Waals surface area (Å²) in [6.45, 7) is 8.14. The van der Waals surface area contributed by atoms with Gasteiger partial charge in [-0.05, 0) is 13.8 Å². The fourth-order valence-corrected chi connectivity index (χ4v) is 2.26. The maximum absolute atomic E-state index is 11.2. The summed E-state index contributed by atoms with van der Waals surface area (Å²) in [6.07, 6.45) is 0. The molecular weight excluding hydrogens is 252 g/mol. The summed E-state index contributed by atoms with van der Waals surface area (Å²) < 4.78 is 5.22. The van der Waals surface area contributed by atoms with E-state index in [4.69, 9.17) is 4.74 Å². The van der Waals surface area contributed by atoms with E-state index in [0.717, 1.165) is 0 Å². The molecule has 0 saturated carbocycles. The van der Waals surface area contributed by atoms with E-state index in [9.17, 15) is 9.90 Å². The van der Waals surface area contributed by atoms with Gasteiger partial charge in [-0.25, -0.2) is 14.8 Å². The molecule has 1 aromatic rings. The van der Waals surface area contributed by atoms with Gasteiger partial charge < -0.3 is 9.84 Å². The molecule has 1 N–H and O–H groups in total. The van der Waals surface area contributed by atoms with Crippen molar-refractivity contribution >= 4 is 17.7 Å². The van der Waals surface area contributed by atoms with Gasteiger partial charge in [-0.15, -0.1) is 0 Å². The molecular formula is C12H18N2O3S. The molecule has 100 valence electrons. The molecule has 0 aliphatic rings. The Labute approximate surface area is 111 Å². The number of carbonyl (C=O) groups is 1. The summed E-state index contributed by atoms with van der Waals surface area (Å²) in [6, 6.07) is 0. The summed E-state index contributed by atoms with van der Waals surface area (Å²) in [5.41, 5.74) is 0.671. The number of carboxylic acids is 1. The van der Waals surface area contributed by atoms with E-state index in [1.165, 1.54) is 11.8 Å². The van der Waals surface area contributed by atoms with Crippen molar-refractivity contribution in [2.45, 2.75) is 38.6 Å². The third kappa shape index (κ3) is 3.68.